The van der Waals surface area contributed by atoms with Crippen LogP contribution in [-0.4, -0.2) is 49.9 Å². The quantitative estimate of drug-likeness (QED) is 0.738. The van der Waals surface area contributed by atoms with Gasteiger partial charge in [0.25, 0.3) is 5.91 Å². The van der Waals surface area contributed by atoms with E-state index in [1.807, 2.05) is 45.5 Å². The molecule has 3 heterocycles. The van der Waals surface area contributed by atoms with Gasteiger partial charge in [-0.3, -0.25) is 4.79 Å². The topological polar surface area (TPSA) is 64.2 Å². The van der Waals surface area contributed by atoms with Crippen LogP contribution in [-0.2, 0) is 6.54 Å². The van der Waals surface area contributed by atoms with Crippen LogP contribution in [0.4, 0.5) is 0 Å². The Hall–Kier alpha value is -2.28. The highest BCUT2D eigenvalue weighted by Gasteiger charge is 2.21. The van der Waals surface area contributed by atoms with Gasteiger partial charge in [-0.1, -0.05) is 12.1 Å². The summed E-state index contributed by atoms with van der Waals surface area (Å²) in [6.45, 7) is 2.01. The lowest BCUT2D eigenvalue weighted by Crippen LogP contribution is -2.38. The van der Waals surface area contributed by atoms with E-state index in [1.165, 1.54) is 6.26 Å². The number of benzene rings is 1. The van der Waals surface area contributed by atoms with Gasteiger partial charge in [0.15, 0.2) is 5.69 Å². The molecule has 118 valence electrons. The van der Waals surface area contributed by atoms with E-state index in [9.17, 15) is 4.79 Å². The second kappa shape index (κ2) is 6.08. The number of thioether (sulfide) groups is 1. The first kappa shape index (κ1) is 14.3. The van der Waals surface area contributed by atoms with Crippen molar-refractivity contribution in [3.63, 3.8) is 0 Å². The Labute approximate surface area is 137 Å². The van der Waals surface area contributed by atoms with Gasteiger partial charge in [0, 0.05) is 24.6 Å². The number of imidazole rings is 1. The third-order valence-corrected chi connectivity index (χ3v) is 4.84. The lowest BCUT2D eigenvalue weighted by atomic mass is 10.3. The number of aromatic nitrogens is 3. The molecule has 4 rings (SSSR count). The minimum absolute atomic E-state index is 0.0456. The summed E-state index contributed by atoms with van der Waals surface area (Å²) in [7, 11) is 0. The van der Waals surface area contributed by atoms with Crippen molar-refractivity contribution in [3.05, 3.63) is 48.4 Å². The fourth-order valence-electron chi connectivity index (χ4n) is 2.69. The second-order valence-corrected chi connectivity index (χ2v) is 6.62. The number of hydrogen-bond acceptors (Lipinski definition) is 5. The summed E-state index contributed by atoms with van der Waals surface area (Å²) in [5.74, 6) is 2.44. The Morgan fingerprint density at radius 3 is 2.96 bits per heavy atom. The molecule has 1 fully saturated rings. The zero-order valence-electron chi connectivity index (χ0n) is 12.5. The summed E-state index contributed by atoms with van der Waals surface area (Å²) in [4.78, 5) is 22.9. The number of carbonyl (C=O) groups is 1. The van der Waals surface area contributed by atoms with E-state index in [-0.39, 0.29) is 5.91 Å². The molecule has 0 atom stereocenters. The molecule has 1 amide bonds. The molecule has 0 saturated carbocycles. The first-order valence-corrected chi connectivity index (χ1v) is 8.68. The summed E-state index contributed by atoms with van der Waals surface area (Å²) >= 11 is 1.87. The van der Waals surface area contributed by atoms with Crippen LogP contribution in [0.3, 0.4) is 0 Å². The largest absolute Gasteiger partial charge is 0.446 e. The van der Waals surface area contributed by atoms with E-state index in [4.69, 9.17) is 4.42 Å². The molecule has 0 spiro atoms. The van der Waals surface area contributed by atoms with Crippen LogP contribution >= 0.6 is 11.8 Å². The predicted octanol–water partition coefficient (Wildman–Crippen LogP) is 2.26. The van der Waals surface area contributed by atoms with Crippen LogP contribution in [0.15, 0.2) is 41.3 Å². The molecular formula is C16H16N4O2S. The molecular weight excluding hydrogens is 312 g/mol. The molecule has 1 aliphatic rings. The minimum atomic E-state index is -0.0456. The molecule has 0 radical (unpaired) electrons. The van der Waals surface area contributed by atoms with E-state index in [0.717, 1.165) is 35.6 Å². The lowest BCUT2D eigenvalue weighted by molar-refractivity contribution is 0.0766. The molecule has 1 saturated heterocycles. The fourth-order valence-corrected chi connectivity index (χ4v) is 3.60. The fraction of sp³-hybridized carbons (Fsp3) is 0.312. The van der Waals surface area contributed by atoms with Gasteiger partial charge < -0.3 is 13.9 Å². The van der Waals surface area contributed by atoms with Gasteiger partial charge in [-0.25, -0.2) is 9.97 Å². The standard InChI is InChI=1S/C16H16N4O2S/c21-16(19-5-7-23-8-6-19)13-10-22-15(18-13)9-20-11-17-12-3-1-2-4-14(12)20/h1-4,10-11H,5-9H2. The van der Waals surface area contributed by atoms with Crippen LogP contribution < -0.4 is 0 Å². The highest BCUT2D eigenvalue weighted by atomic mass is 32.2. The van der Waals surface area contributed by atoms with Crippen LogP contribution in [0.5, 0.6) is 0 Å². The lowest BCUT2D eigenvalue weighted by Gasteiger charge is -2.25. The van der Waals surface area contributed by atoms with Crippen molar-refractivity contribution in [2.45, 2.75) is 6.54 Å². The van der Waals surface area contributed by atoms with E-state index in [1.54, 1.807) is 6.33 Å². The molecule has 6 nitrogen and oxygen atoms in total. The number of nitrogens with zero attached hydrogens (tertiary/aromatic N) is 4. The Kier molecular flexibility index (Phi) is 3.78. The number of hydrogen-bond donors (Lipinski definition) is 0. The Bertz CT molecular complexity index is 835. The van der Waals surface area contributed by atoms with Gasteiger partial charge in [-0.15, -0.1) is 0 Å². The van der Waals surface area contributed by atoms with Crippen LogP contribution in [0, 0.1) is 0 Å². The van der Waals surface area contributed by atoms with Gasteiger partial charge in [0.1, 0.15) is 12.8 Å². The van der Waals surface area contributed by atoms with E-state index >= 15 is 0 Å². The maximum atomic E-state index is 12.4. The van der Waals surface area contributed by atoms with Gasteiger partial charge in [-0.2, -0.15) is 11.8 Å². The van der Waals surface area contributed by atoms with Gasteiger partial charge in [0.2, 0.25) is 5.89 Å². The monoisotopic (exact) mass is 328 g/mol. The summed E-state index contributed by atoms with van der Waals surface area (Å²) in [6, 6.07) is 7.89. The van der Waals surface area contributed by atoms with Crippen molar-refractivity contribution in [2.24, 2.45) is 0 Å². The van der Waals surface area contributed by atoms with E-state index < -0.39 is 0 Å². The third kappa shape index (κ3) is 2.84. The van der Waals surface area contributed by atoms with E-state index in [0.29, 0.717) is 18.1 Å². The molecule has 2 aromatic heterocycles. The van der Waals surface area contributed by atoms with Crippen molar-refractivity contribution in [3.8, 4) is 0 Å². The van der Waals surface area contributed by atoms with Crippen molar-refractivity contribution in [1.29, 1.82) is 0 Å². The van der Waals surface area contributed by atoms with Crippen molar-refractivity contribution in [2.75, 3.05) is 24.6 Å². The van der Waals surface area contributed by atoms with Crippen molar-refractivity contribution >= 4 is 28.7 Å². The number of amides is 1. The Balaban J connectivity index is 1.52. The van der Waals surface area contributed by atoms with Crippen LogP contribution in [0.2, 0.25) is 0 Å². The molecule has 7 heteroatoms. The zero-order valence-corrected chi connectivity index (χ0v) is 13.3. The molecule has 0 aliphatic carbocycles. The third-order valence-electron chi connectivity index (χ3n) is 3.90. The minimum Gasteiger partial charge on any atom is -0.446 e. The Morgan fingerprint density at radius 1 is 1.26 bits per heavy atom. The molecule has 0 unspecified atom stereocenters. The summed E-state index contributed by atoms with van der Waals surface area (Å²) in [5, 5.41) is 0. The van der Waals surface area contributed by atoms with Gasteiger partial charge >= 0.3 is 0 Å². The zero-order chi connectivity index (χ0) is 15.6. The SMILES string of the molecule is O=C(c1coc(Cn2cnc3ccccc32)n1)N1CCSCC1. The maximum absolute atomic E-state index is 12.4. The van der Waals surface area contributed by atoms with Gasteiger partial charge in [-0.05, 0) is 12.1 Å². The number of rotatable bonds is 3. The van der Waals surface area contributed by atoms with Gasteiger partial charge in [0.05, 0.1) is 17.4 Å². The molecule has 0 bridgehead atoms. The molecule has 23 heavy (non-hydrogen) atoms. The first-order chi connectivity index (χ1) is 11.3. The molecule has 1 aromatic carbocycles. The van der Waals surface area contributed by atoms with Crippen LogP contribution in [0.1, 0.15) is 16.4 Å². The predicted molar refractivity (Wildman–Crippen MR) is 88.6 cm³/mol. The van der Waals surface area contributed by atoms with Crippen LogP contribution in [0.25, 0.3) is 11.0 Å². The number of fused-ring (bicyclic) bond motifs is 1. The molecule has 3 aromatic rings. The smallest absolute Gasteiger partial charge is 0.275 e. The summed E-state index contributed by atoms with van der Waals surface area (Å²) in [5.41, 5.74) is 2.34. The average molecular weight is 328 g/mol. The molecule has 0 N–H and O–H groups in total. The summed E-state index contributed by atoms with van der Waals surface area (Å²) < 4.78 is 7.45. The van der Waals surface area contributed by atoms with Crippen molar-refractivity contribution in [1.82, 2.24) is 19.4 Å². The second-order valence-electron chi connectivity index (χ2n) is 5.39. The van der Waals surface area contributed by atoms with Crippen molar-refractivity contribution < 1.29 is 9.21 Å². The highest BCUT2D eigenvalue weighted by Crippen LogP contribution is 2.16. The average Bonchev–Trinajstić information content (AvgIpc) is 3.23. The first-order valence-electron chi connectivity index (χ1n) is 7.52. The number of para-hydroxylation sites is 2. The Morgan fingerprint density at radius 2 is 2.09 bits per heavy atom. The summed E-state index contributed by atoms with van der Waals surface area (Å²) in [6.07, 6.45) is 3.22. The molecule has 1 aliphatic heterocycles. The maximum Gasteiger partial charge on any atom is 0.275 e. The number of oxazole rings is 1. The highest BCUT2D eigenvalue weighted by molar-refractivity contribution is 7.99. The van der Waals surface area contributed by atoms with E-state index in [2.05, 4.69) is 9.97 Å². The number of carbonyl (C=O) groups excluding carboxylic acids is 1. The normalized spacial score (nSPS) is 15.2.